The van der Waals surface area contributed by atoms with E-state index >= 15 is 0 Å². The van der Waals surface area contributed by atoms with Crippen LogP contribution in [-0.2, 0) is 0 Å². The minimum Gasteiger partial charge on any atom is -0.207 e. The summed E-state index contributed by atoms with van der Waals surface area (Å²) in [6, 6.07) is 4.36. The molecule has 0 nitrogen and oxygen atoms in total. The summed E-state index contributed by atoms with van der Waals surface area (Å²) in [6.07, 6.45) is 4.35. The molecule has 0 fully saturated rings. The Morgan fingerprint density at radius 2 is 2.07 bits per heavy atom. The predicted molar refractivity (Wildman–Crippen MR) is 62.4 cm³/mol. The Balaban J connectivity index is 2.55. The molecule has 0 aliphatic carbocycles. The molecule has 0 amide bonds. The van der Waals surface area contributed by atoms with Crippen molar-refractivity contribution in [1.82, 2.24) is 0 Å². The van der Waals surface area contributed by atoms with Crippen LogP contribution in [0.2, 0.25) is 5.02 Å². The van der Waals surface area contributed by atoms with E-state index in [4.69, 9.17) is 11.6 Å². The molecule has 1 aromatic rings. The average molecular weight is 225 g/mol. The van der Waals surface area contributed by atoms with E-state index in [2.05, 4.69) is 18.8 Å². The first-order valence-corrected chi connectivity index (χ1v) is 5.55. The lowest BCUT2D eigenvalue weighted by molar-refractivity contribution is 0.627. The van der Waals surface area contributed by atoms with Crippen molar-refractivity contribution in [3.8, 4) is 11.8 Å². The summed E-state index contributed by atoms with van der Waals surface area (Å²) in [4.78, 5) is 0. The third-order valence-electron chi connectivity index (χ3n) is 2.00. The molecule has 0 bridgehead atoms. The first-order chi connectivity index (χ1) is 7.22. The summed E-state index contributed by atoms with van der Waals surface area (Å²) in [5.41, 5.74) is 0.650. The fourth-order valence-corrected chi connectivity index (χ4v) is 1.48. The largest absolute Gasteiger partial charge is 0.207 e. The number of hydrogen-bond acceptors (Lipinski definition) is 0. The second kappa shape index (κ2) is 6.48. The van der Waals surface area contributed by atoms with Crippen LogP contribution in [0.3, 0.4) is 0 Å². The lowest BCUT2D eigenvalue weighted by Crippen LogP contribution is -1.79. The van der Waals surface area contributed by atoms with Crippen LogP contribution in [0.5, 0.6) is 0 Å². The molecule has 1 rings (SSSR count). The highest BCUT2D eigenvalue weighted by Gasteiger charge is 1.95. The number of unbranched alkanes of at least 4 members (excludes halogenated alkanes) is 3. The summed E-state index contributed by atoms with van der Waals surface area (Å²) in [6.45, 7) is 2.15. The lowest BCUT2D eigenvalue weighted by Gasteiger charge is -1.93. The van der Waals surface area contributed by atoms with Crippen molar-refractivity contribution in [3.63, 3.8) is 0 Å². The molecule has 1 aromatic carbocycles. The van der Waals surface area contributed by atoms with E-state index in [0.717, 1.165) is 12.8 Å². The van der Waals surface area contributed by atoms with Crippen molar-refractivity contribution >= 4 is 11.6 Å². The molecule has 0 N–H and O–H groups in total. The summed E-state index contributed by atoms with van der Waals surface area (Å²) in [5, 5.41) is 0.396. The Hall–Kier alpha value is -1.00. The van der Waals surface area contributed by atoms with Gasteiger partial charge in [0.1, 0.15) is 5.82 Å². The van der Waals surface area contributed by atoms with E-state index in [1.165, 1.54) is 25.0 Å². The molecule has 0 atom stereocenters. The van der Waals surface area contributed by atoms with Crippen LogP contribution in [0.4, 0.5) is 4.39 Å². The molecule has 80 valence electrons. The van der Waals surface area contributed by atoms with Gasteiger partial charge in [0.15, 0.2) is 0 Å². The highest BCUT2D eigenvalue weighted by molar-refractivity contribution is 6.30. The fourth-order valence-electron chi connectivity index (χ4n) is 1.25. The van der Waals surface area contributed by atoms with Gasteiger partial charge in [0.05, 0.1) is 0 Å². The van der Waals surface area contributed by atoms with Crippen LogP contribution in [0, 0.1) is 17.7 Å². The normalized spacial score (nSPS) is 9.53. The van der Waals surface area contributed by atoms with Gasteiger partial charge >= 0.3 is 0 Å². The van der Waals surface area contributed by atoms with Crippen LogP contribution in [-0.4, -0.2) is 0 Å². The van der Waals surface area contributed by atoms with Gasteiger partial charge in [-0.1, -0.05) is 43.2 Å². The van der Waals surface area contributed by atoms with Crippen LogP contribution in [0.25, 0.3) is 0 Å². The van der Waals surface area contributed by atoms with Crippen LogP contribution < -0.4 is 0 Å². The minimum absolute atomic E-state index is 0.333. The molecule has 0 aromatic heterocycles. The highest BCUT2D eigenvalue weighted by atomic mass is 35.5. The van der Waals surface area contributed by atoms with Crippen molar-refractivity contribution in [2.24, 2.45) is 0 Å². The number of hydrogen-bond donors (Lipinski definition) is 0. The molecular weight excluding hydrogens is 211 g/mol. The van der Waals surface area contributed by atoms with E-state index in [1.54, 1.807) is 6.07 Å². The molecule has 0 heterocycles. The average Bonchev–Trinajstić information content (AvgIpc) is 2.16. The molecule has 15 heavy (non-hydrogen) atoms. The quantitative estimate of drug-likeness (QED) is 0.527. The smallest absolute Gasteiger partial charge is 0.125 e. The molecule has 0 radical (unpaired) electrons. The van der Waals surface area contributed by atoms with Crippen molar-refractivity contribution in [2.45, 2.75) is 32.6 Å². The predicted octanol–water partition coefficient (Wildman–Crippen LogP) is 4.41. The standard InChI is InChI=1S/C13H14ClF/c1-2-3-4-5-6-7-11-8-12(14)10-13(15)9-11/h8-10H,2-5H2,1H3. The Morgan fingerprint density at radius 3 is 2.73 bits per heavy atom. The van der Waals surface area contributed by atoms with Crippen molar-refractivity contribution < 1.29 is 4.39 Å². The number of rotatable bonds is 3. The number of halogens is 2. The van der Waals surface area contributed by atoms with Gasteiger partial charge in [0.25, 0.3) is 0 Å². The molecule has 0 saturated carbocycles. The Morgan fingerprint density at radius 1 is 1.27 bits per heavy atom. The second-order valence-corrected chi connectivity index (χ2v) is 3.85. The molecule has 0 aliphatic rings. The van der Waals surface area contributed by atoms with Crippen LogP contribution >= 0.6 is 11.6 Å². The zero-order chi connectivity index (χ0) is 11.1. The summed E-state index contributed by atoms with van der Waals surface area (Å²) in [5.74, 6) is 5.59. The van der Waals surface area contributed by atoms with E-state index in [1.807, 2.05) is 0 Å². The molecule has 2 heteroatoms. The monoisotopic (exact) mass is 224 g/mol. The zero-order valence-corrected chi connectivity index (χ0v) is 9.57. The Kier molecular flexibility index (Phi) is 5.21. The van der Waals surface area contributed by atoms with Gasteiger partial charge in [-0.15, -0.1) is 0 Å². The van der Waals surface area contributed by atoms with Gasteiger partial charge in [-0.05, 0) is 24.6 Å². The third-order valence-corrected chi connectivity index (χ3v) is 2.22. The lowest BCUT2D eigenvalue weighted by atomic mass is 10.2. The number of benzene rings is 1. The Bertz CT molecular complexity index is 354. The second-order valence-electron chi connectivity index (χ2n) is 3.42. The maximum Gasteiger partial charge on any atom is 0.125 e. The minimum atomic E-state index is -0.333. The molecule has 0 unspecified atom stereocenters. The zero-order valence-electron chi connectivity index (χ0n) is 8.82. The molecule has 0 aliphatic heterocycles. The van der Waals surface area contributed by atoms with Gasteiger partial charge in [-0.2, -0.15) is 0 Å². The van der Waals surface area contributed by atoms with Gasteiger partial charge in [-0.3, -0.25) is 0 Å². The summed E-state index contributed by atoms with van der Waals surface area (Å²) >= 11 is 5.70. The van der Waals surface area contributed by atoms with Crippen molar-refractivity contribution in [2.75, 3.05) is 0 Å². The van der Waals surface area contributed by atoms with E-state index in [9.17, 15) is 4.39 Å². The van der Waals surface area contributed by atoms with Crippen LogP contribution in [0.15, 0.2) is 18.2 Å². The Labute approximate surface area is 95.5 Å². The SMILES string of the molecule is CCCCCC#Cc1cc(F)cc(Cl)c1. The van der Waals surface area contributed by atoms with Gasteiger partial charge in [0.2, 0.25) is 0 Å². The third kappa shape index (κ3) is 4.85. The molecular formula is C13H14ClF. The van der Waals surface area contributed by atoms with Crippen LogP contribution in [0.1, 0.15) is 38.2 Å². The summed E-state index contributed by atoms with van der Waals surface area (Å²) < 4.78 is 12.9. The van der Waals surface area contributed by atoms with Gasteiger partial charge < -0.3 is 0 Å². The molecule has 0 saturated heterocycles. The topological polar surface area (TPSA) is 0 Å². The maximum absolute atomic E-state index is 12.9. The first-order valence-electron chi connectivity index (χ1n) is 5.17. The van der Waals surface area contributed by atoms with Crippen molar-refractivity contribution in [3.05, 3.63) is 34.6 Å². The van der Waals surface area contributed by atoms with E-state index in [-0.39, 0.29) is 5.82 Å². The highest BCUT2D eigenvalue weighted by Crippen LogP contribution is 2.13. The molecule has 0 spiro atoms. The fraction of sp³-hybridized carbons (Fsp3) is 0.385. The van der Waals surface area contributed by atoms with E-state index < -0.39 is 0 Å². The summed E-state index contributed by atoms with van der Waals surface area (Å²) in [7, 11) is 0. The maximum atomic E-state index is 12.9. The van der Waals surface area contributed by atoms with Gasteiger partial charge in [-0.25, -0.2) is 4.39 Å². The van der Waals surface area contributed by atoms with E-state index in [0.29, 0.717) is 10.6 Å². The van der Waals surface area contributed by atoms with Crippen molar-refractivity contribution in [1.29, 1.82) is 0 Å². The van der Waals surface area contributed by atoms with Gasteiger partial charge in [0, 0.05) is 17.0 Å². The first kappa shape index (κ1) is 12.1.